The second-order valence-electron chi connectivity index (χ2n) is 4.15. The van der Waals surface area contributed by atoms with E-state index in [0.717, 1.165) is 10.2 Å². The van der Waals surface area contributed by atoms with E-state index >= 15 is 0 Å². The molecule has 0 atom stereocenters. The molecule has 0 saturated heterocycles. The average Bonchev–Trinajstić information content (AvgIpc) is 2.52. The Bertz CT molecular complexity index is 613. The molecule has 0 aromatic heterocycles. The number of carbonyl (C=O) groups excluding carboxylic acids is 1. The summed E-state index contributed by atoms with van der Waals surface area (Å²) in [6.45, 7) is 0.789. The summed E-state index contributed by atoms with van der Waals surface area (Å²) in [7, 11) is 1.35. The van der Waals surface area contributed by atoms with Crippen molar-refractivity contribution in [1.82, 2.24) is 0 Å². The molecule has 0 saturated carbocycles. The maximum Gasteiger partial charge on any atom is 0.337 e. The van der Waals surface area contributed by atoms with Gasteiger partial charge in [0.15, 0.2) is 0 Å². The van der Waals surface area contributed by atoms with E-state index in [1.807, 2.05) is 24.3 Å². The van der Waals surface area contributed by atoms with E-state index < -0.39 is 0 Å². The number of rotatable bonds is 6. The molecule has 5 heteroatoms. The SMILES string of the molecule is COC(=O)c1cccc(OCCOc2ccccc2Br)c1. The van der Waals surface area contributed by atoms with E-state index in [1.54, 1.807) is 24.3 Å². The van der Waals surface area contributed by atoms with Crippen LogP contribution in [0, 0.1) is 0 Å². The number of carbonyl (C=O) groups is 1. The lowest BCUT2D eigenvalue weighted by molar-refractivity contribution is 0.0600. The minimum absolute atomic E-state index is 0.381. The van der Waals surface area contributed by atoms with Crippen molar-refractivity contribution in [3.05, 3.63) is 58.6 Å². The van der Waals surface area contributed by atoms with Crippen LogP contribution in [0.15, 0.2) is 53.0 Å². The van der Waals surface area contributed by atoms with E-state index in [0.29, 0.717) is 24.5 Å². The Labute approximate surface area is 131 Å². The Kier molecular flexibility index (Phi) is 5.63. The van der Waals surface area contributed by atoms with Gasteiger partial charge in [0.1, 0.15) is 24.7 Å². The first-order valence-corrected chi connectivity index (χ1v) is 7.18. The Morgan fingerprint density at radius 2 is 1.81 bits per heavy atom. The van der Waals surface area contributed by atoms with Crippen molar-refractivity contribution in [2.75, 3.05) is 20.3 Å². The Morgan fingerprint density at radius 1 is 1.05 bits per heavy atom. The summed E-state index contributed by atoms with van der Waals surface area (Å²) in [6, 6.07) is 14.5. The lowest BCUT2D eigenvalue weighted by Crippen LogP contribution is -2.09. The third-order valence-electron chi connectivity index (χ3n) is 2.70. The normalized spacial score (nSPS) is 10.0. The first-order valence-electron chi connectivity index (χ1n) is 6.39. The van der Waals surface area contributed by atoms with Crippen molar-refractivity contribution in [3.8, 4) is 11.5 Å². The fourth-order valence-corrected chi connectivity index (χ4v) is 2.10. The maximum atomic E-state index is 11.4. The lowest BCUT2D eigenvalue weighted by atomic mass is 10.2. The summed E-state index contributed by atoms with van der Waals surface area (Å²) in [5, 5.41) is 0. The highest BCUT2D eigenvalue weighted by Crippen LogP contribution is 2.23. The first kappa shape index (κ1) is 15.4. The Balaban J connectivity index is 1.84. The largest absolute Gasteiger partial charge is 0.490 e. The lowest BCUT2D eigenvalue weighted by Gasteiger charge is -2.10. The molecule has 21 heavy (non-hydrogen) atoms. The molecule has 2 rings (SSSR count). The molecule has 0 heterocycles. The van der Waals surface area contributed by atoms with Gasteiger partial charge in [0.25, 0.3) is 0 Å². The predicted molar refractivity (Wildman–Crippen MR) is 82.9 cm³/mol. The molecule has 0 N–H and O–H groups in total. The van der Waals surface area contributed by atoms with Gasteiger partial charge in [-0.25, -0.2) is 4.79 Å². The van der Waals surface area contributed by atoms with Crippen molar-refractivity contribution in [2.24, 2.45) is 0 Å². The molecule has 2 aromatic carbocycles. The highest BCUT2D eigenvalue weighted by atomic mass is 79.9. The van der Waals surface area contributed by atoms with E-state index in [9.17, 15) is 4.79 Å². The summed E-state index contributed by atoms with van der Waals surface area (Å²) in [4.78, 5) is 11.4. The molecular weight excluding hydrogens is 336 g/mol. The van der Waals surface area contributed by atoms with Crippen molar-refractivity contribution < 1.29 is 19.0 Å². The molecule has 0 radical (unpaired) electrons. The van der Waals surface area contributed by atoms with Gasteiger partial charge in [-0.1, -0.05) is 18.2 Å². The van der Waals surface area contributed by atoms with Crippen molar-refractivity contribution in [3.63, 3.8) is 0 Å². The second kappa shape index (κ2) is 7.69. The molecule has 0 bridgehead atoms. The number of esters is 1. The van der Waals surface area contributed by atoms with Gasteiger partial charge >= 0.3 is 5.97 Å². The molecule has 2 aromatic rings. The van der Waals surface area contributed by atoms with Crippen molar-refractivity contribution in [2.45, 2.75) is 0 Å². The molecule has 0 spiro atoms. The van der Waals surface area contributed by atoms with E-state index in [2.05, 4.69) is 20.7 Å². The Morgan fingerprint density at radius 3 is 2.57 bits per heavy atom. The van der Waals surface area contributed by atoms with Gasteiger partial charge < -0.3 is 14.2 Å². The van der Waals surface area contributed by atoms with Crippen LogP contribution < -0.4 is 9.47 Å². The zero-order valence-corrected chi connectivity index (χ0v) is 13.1. The predicted octanol–water partition coefficient (Wildman–Crippen LogP) is 3.69. The van der Waals surface area contributed by atoms with Crippen LogP contribution in [-0.2, 0) is 4.74 Å². The smallest absolute Gasteiger partial charge is 0.337 e. The quantitative estimate of drug-likeness (QED) is 0.588. The van der Waals surface area contributed by atoms with Crippen LogP contribution in [0.2, 0.25) is 0 Å². The van der Waals surface area contributed by atoms with Gasteiger partial charge in [-0.2, -0.15) is 0 Å². The van der Waals surface area contributed by atoms with Crippen LogP contribution in [0.1, 0.15) is 10.4 Å². The van der Waals surface area contributed by atoms with Gasteiger partial charge in [0.2, 0.25) is 0 Å². The number of halogens is 1. The zero-order valence-electron chi connectivity index (χ0n) is 11.5. The van der Waals surface area contributed by atoms with Crippen molar-refractivity contribution in [1.29, 1.82) is 0 Å². The summed E-state index contributed by atoms with van der Waals surface area (Å²) >= 11 is 3.41. The number of hydrogen-bond donors (Lipinski definition) is 0. The number of methoxy groups -OCH3 is 1. The van der Waals surface area contributed by atoms with Crippen LogP contribution in [-0.4, -0.2) is 26.3 Å². The molecule has 0 aliphatic carbocycles. The number of ether oxygens (including phenoxy) is 3. The number of para-hydroxylation sites is 1. The fraction of sp³-hybridized carbons (Fsp3) is 0.188. The van der Waals surface area contributed by atoms with Gasteiger partial charge in [-0.3, -0.25) is 0 Å². The van der Waals surface area contributed by atoms with Gasteiger partial charge in [0.05, 0.1) is 17.1 Å². The van der Waals surface area contributed by atoms with Gasteiger partial charge in [-0.15, -0.1) is 0 Å². The standard InChI is InChI=1S/C16H15BrO4/c1-19-16(18)12-5-4-6-13(11-12)20-9-10-21-15-8-3-2-7-14(15)17/h2-8,11H,9-10H2,1H3. The van der Waals surface area contributed by atoms with Crippen molar-refractivity contribution >= 4 is 21.9 Å². The molecule has 0 amide bonds. The molecule has 4 nitrogen and oxygen atoms in total. The topological polar surface area (TPSA) is 44.8 Å². The Hall–Kier alpha value is -2.01. The third kappa shape index (κ3) is 4.49. The minimum atomic E-state index is -0.384. The van der Waals surface area contributed by atoms with E-state index in [1.165, 1.54) is 7.11 Å². The molecule has 0 aliphatic rings. The summed E-state index contributed by atoms with van der Waals surface area (Å²) < 4.78 is 16.7. The highest BCUT2D eigenvalue weighted by Gasteiger charge is 2.06. The van der Waals surface area contributed by atoms with Crippen LogP contribution in [0.4, 0.5) is 0 Å². The first-order chi connectivity index (χ1) is 10.2. The fourth-order valence-electron chi connectivity index (χ4n) is 1.70. The molecule has 0 unspecified atom stereocenters. The molecule has 110 valence electrons. The average molecular weight is 351 g/mol. The summed E-state index contributed by atoms with van der Waals surface area (Å²) in [6.07, 6.45) is 0. The van der Waals surface area contributed by atoms with Crippen LogP contribution in [0.3, 0.4) is 0 Å². The number of hydrogen-bond acceptors (Lipinski definition) is 4. The molecular formula is C16H15BrO4. The monoisotopic (exact) mass is 350 g/mol. The van der Waals surface area contributed by atoms with Gasteiger partial charge in [-0.05, 0) is 46.3 Å². The maximum absolute atomic E-state index is 11.4. The third-order valence-corrected chi connectivity index (χ3v) is 3.36. The van der Waals surface area contributed by atoms with Crippen LogP contribution >= 0.6 is 15.9 Å². The molecule has 0 fully saturated rings. The van der Waals surface area contributed by atoms with Crippen LogP contribution in [0.25, 0.3) is 0 Å². The summed E-state index contributed by atoms with van der Waals surface area (Å²) in [5.74, 6) is 0.989. The zero-order chi connectivity index (χ0) is 15.1. The second-order valence-corrected chi connectivity index (χ2v) is 5.00. The van der Waals surface area contributed by atoms with E-state index in [-0.39, 0.29) is 5.97 Å². The number of benzene rings is 2. The van der Waals surface area contributed by atoms with Gasteiger partial charge in [0, 0.05) is 0 Å². The highest BCUT2D eigenvalue weighted by molar-refractivity contribution is 9.10. The van der Waals surface area contributed by atoms with E-state index in [4.69, 9.17) is 9.47 Å². The minimum Gasteiger partial charge on any atom is -0.490 e. The molecule has 0 aliphatic heterocycles. The summed E-state index contributed by atoms with van der Waals surface area (Å²) in [5.41, 5.74) is 0.460. The van der Waals surface area contributed by atoms with Crippen LogP contribution in [0.5, 0.6) is 11.5 Å².